The smallest absolute Gasteiger partial charge is 0.417 e. The zero-order chi connectivity index (χ0) is 29.8. The third-order valence-corrected chi connectivity index (χ3v) is 6.28. The van der Waals surface area contributed by atoms with E-state index in [-0.39, 0.29) is 18.0 Å². The summed E-state index contributed by atoms with van der Waals surface area (Å²) in [4.78, 5) is 42.9. The van der Waals surface area contributed by atoms with Crippen LogP contribution in [0.3, 0.4) is 0 Å². The fourth-order valence-electron chi connectivity index (χ4n) is 4.23. The Kier molecular flexibility index (Phi) is 7.87. The molecule has 12 heteroatoms. The molecule has 42 heavy (non-hydrogen) atoms. The molecule has 0 spiro atoms. The van der Waals surface area contributed by atoms with Crippen LogP contribution >= 0.6 is 0 Å². The van der Waals surface area contributed by atoms with Gasteiger partial charge in [0.2, 0.25) is 5.75 Å². The molecule has 5 rings (SSSR count). The molecule has 2 heterocycles. The quantitative estimate of drug-likeness (QED) is 0.272. The van der Waals surface area contributed by atoms with Crippen molar-refractivity contribution in [2.24, 2.45) is 0 Å². The van der Waals surface area contributed by atoms with Gasteiger partial charge in [-0.3, -0.25) is 19.7 Å². The van der Waals surface area contributed by atoms with Gasteiger partial charge in [-0.15, -0.1) is 0 Å². The Morgan fingerprint density at radius 2 is 1.64 bits per heavy atom. The Morgan fingerprint density at radius 3 is 2.31 bits per heavy atom. The number of pyridine rings is 1. The molecular weight excluding hydrogens is 547 g/mol. The Morgan fingerprint density at radius 1 is 0.905 bits per heavy atom. The zero-order valence-corrected chi connectivity index (χ0v) is 22.8. The molecule has 0 radical (unpaired) electrons. The normalized spacial score (nSPS) is 10.8. The lowest BCUT2D eigenvalue weighted by atomic mass is 10.1. The van der Waals surface area contributed by atoms with Crippen LogP contribution < -0.4 is 35.5 Å². The van der Waals surface area contributed by atoms with Gasteiger partial charge in [0.15, 0.2) is 0 Å². The Hall–Kier alpha value is -5.65. The third-order valence-electron chi connectivity index (χ3n) is 6.28. The molecule has 1 amide bonds. The molecule has 1 N–H and O–H groups in total. The minimum atomic E-state index is -0.952. The molecule has 0 atom stereocenters. The van der Waals surface area contributed by atoms with Crippen LogP contribution in [0.4, 0.5) is 14.9 Å². The monoisotopic (exact) mass is 572 g/mol. The molecule has 214 valence electrons. The molecule has 11 nitrogen and oxygen atoms in total. The van der Waals surface area contributed by atoms with E-state index in [2.05, 4.69) is 10.3 Å². The minimum Gasteiger partial charge on any atom is -0.497 e. The fraction of sp³-hybridized carbons (Fsp3) is 0.133. The number of anilines is 1. The van der Waals surface area contributed by atoms with Crippen molar-refractivity contribution in [1.82, 2.24) is 14.1 Å². The Bertz CT molecular complexity index is 1880. The number of rotatable bonds is 8. The Labute approximate surface area is 238 Å². The first-order valence-corrected chi connectivity index (χ1v) is 12.7. The van der Waals surface area contributed by atoms with E-state index < -0.39 is 23.2 Å². The Balaban J connectivity index is 1.34. The van der Waals surface area contributed by atoms with Crippen LogP contribution in [0.5, 0.6) is 28.7 Å². The summed E-state index contributed by atoms with van der Waals surface area (Å²) in [5.74, 6) is 1.18. The summed E-state index contributed by atoms with van der Waals surface area (Å²) in [5, 5.41) is 3.20. The molecule has 0 saturated heterocycles. The molecule has 0 aliphatic rings. The highest BCUT2D eigenvalue weighted by Gasteiger charge is 2.17. The lowest BCUT2D eigenvalue weighted by Gasteiger charge is -2.14. The van der Waals surface area contributed by atoms with E-state index in [1.165, 1.54) is 16.7 Å². The summed E-state index contributed by atoms with van der Waals surface area (Å²) >= 11 is 0. The van der Waals surface area contributed by atoms with Gasteiger partial charge in [-0.1, -0.05) is 0 Å². The van der Waals surface area contributed by atoms with Crippen LogP contribution in [-0.4, -0.2) is 34.4 Å². The van der Waals surface area contributed by atoms with E-state index in [0.29, 0.717) is 39.6 Å². The molecule has 0 aliphatic heterocycles. The predicted molar refractivity (Wildman–Crippen MR) is 153 cm³/mol. The second-order valence-electron chi connectivity index (χ2n) is 8.85. The number of aromatic nitrogens is 3. The van der Waals surface area contributed by atoms with Crippen molar-refractivity contribution in [1.29, 1.82) is 0 Å². The number of nitrogens with zero attached hydrogens (tertiary/aromatic N) is 3. The number of fused-ring (bicyclic) bond motifs is 1. The summed E-state index contributed by atoms with van der Waals surface area (Å²) in [6.07, 6.45) is 1.81. The summed E-state index contributed by atoms with van der Waals surface area (Å²) in [5.41, 5.74) is -0.410. The van der Waals surface area contributed by atoms with E-state index in [4.69, 9.17) is 18.9 Å². The van der Waals surface area contributed by atoms with Crippen molar-refractivity contribution < 1.29 is 28.1 Å². The maximum Gasteiger partial charge on any atom is 0.417 e. The van der Waals surface area contributed by atoms with Crippen molar-refractivity contribution in [2.75, 3.05) is 19.5 Å². The fourth-order valence-corrected chi connectivity index (χ4v) is 4.23. The van der Waals surface area contributed by atoms with Crippen molar-refractivity contribution >= 4 is 22.7 Å². The van der Waals surface area contributed by atoms with Gasteiger partial charge in [-0.05, 0) is 61.5 Å². The van der Waals surface area contributed by atoms with Gasteiger partial charge in [-0.2, -0.15) is 0 Å². The number of halogens is 1. The largest absolute Gasteiger partial charge is 0.497 e. The second-order valence-corrected chi connectivity index (χ2v) is 8.85. The second kappa shape index (κ2) is 11.8. The molecule has 0 saturated carbocycles. The van der Waals surface area contributed by atoms with Gasteiger partial charge in [0.1, 0.15) is 28.8 Å². The number of methoxy groups -OCH3 is 2. The van der Waals surface area contributed by atoms with E-state index in [0.717, 1.165) is 22.9 Å². The van der Waals surface area contributed by atoms with E-state index in [9.17, 15) is 18.8 Å². The lowest BCUT2D eigenvalue weighted by molar-refractivity contribution is 0.214. The maximum absolute atomic E-state index is 13.4. The van der Waals surface area contributed by atoms with Crippen LogP contribution in [0.15, 0.2) is 88.7 Å². The number of hydrogen-bond donors (Lipinski definition) is 1. The van der Waals surface area contributed by atoms with Gasteiger partial charge in [0, 0.05) is 30.6 Å². The predicted octanol–water partition coefficient (Wildman–Crippen LogP) is 5.13. The molecule has 0 aliphatic carbocycles. The van der Waals surface area contributed by atoms with E-state index in [1.54, 1.807) is 69.8 Å². The SMILES string of the molecule is CCn1cc(OC(=O)Nc2ccc(Oc3ccnc4cc(OC)cc(OC)c34)cc2)c(=O)n(-c2ccc(F)cc2)c1=O. The number of carbonyl (C=O) groups excluding carboxylic acids is 1. The van der Waals surface area contributed by atoms with Crippen molar-refractivity contribution in [2.45, 2.75) is 13.5 Å². The maximum atomic E-state index is 13.4. The van der Waals surface area contributed by atoms with Gasteiger partial charge < -0.3 is 18.9 Å². The average Bonchev–Trinajstić information content (AvgIpc) is 3.00. The number of nitrogens with one attached hydrogen (secondary N) is 1. The summed E-state index contributed by atoms with van der Waals surface area (Å²) < 4.78 is 37.6. The summed E-state index contributed by atoms with van der Waals surface area (Å²) in [6, 6.07) is 16.5. The highest BCUT2D eigenvalue weighted by Crippen LogP contribution is 2.38. The van der Waals surface area contributed by atoms with E-state index >= 15 is 0 Å². The highest BCUT2D eigenvalue weighted by atomic mass is 19.1. The molecule has 0 unspecified atom stereocenters. The first kappa shape index (κ1) is 27.9. The van der Waals surface area contributed by atoms with Crippen LogP contribution in [0, 0.1) is 5.82 Å². The average molecular weight is 573 g/mol. The molecule has 5 aromatic rings. The van der Waals surface area contributed by atoms with E-state index in [1.807, 2.05) is 0 Å². The summed E-state index contributed by atoms with van der Waals surface area (Å²) in [6.45, 7) is 1.89. The molecular formula is C30H25FN4O7. The number of aryl methyl sites for hydroxylation is 1. The number of amides is 1. The van der Waals surface area contributed by atoms with Gasteiger partial charge in [-0.25, -0.2) is 18.5 Å². The van der Waals surface area contributed by atoms with Crippen LogP contribution in [0.2, 0.25) is 0 Å². The van der Waals surface area contributed by atoms with Crippen LogP contribution in [0.1, 0.15) is 6.92 Å². The first-order chi connectivity index (χ1) is 20.3. The topological polar surface area (TPSA) is 123 Å². The molecule has 0 fully saturated rings. The van der Waals surface area contributed by atoms with Crippen LogP contribution in [-0.2, 0) is 6.54 Å². The summed E-state index contributed by atoms with van der Waals surface area (Å²) in [7, 11) is 3.10. The molecule has 0 bridgehead atoms. The number of hydrogen-bond acceptors (Lipinski definition) is 8. The first-order valence-electron chi connectivity index (χ1n) is 12.7. The number of ether oxygens (including phenoxy) is 4. The zero-order valence-electron chi connectivity index (χ0n) is 22.8. The molecule has 2 aromatic heterocycles. The minimum absolute atomic E-state index is 0.133. The van der Waals surface area contributed by atoms with Gasteiger partial charge in [0.25, 0.3) is 0 Å². The lowest BCUT2D eigenvalue weighted by Crippen LogP contribution is -2.39. The van der Waals surface area contributed by atoms with Crippen molar-refractivity contribution in [3.8, 4) is 34.4 Å². The standard InChI is InChI=1S/C30H25FN4O7/c1-4-34-17-26(28(36)35(30(34)38)20-9-5-18(31)6-10-20)42-29(37)33-19-7-11-21(12-8-19)41-24-13-14-32-23-15-22(39-2)16-25(40-3)27(23)24/h5-17H,4H2,1-3H3,(H,33,37). The number of benzene rings is 3. The molecule has 3 aromatic carbocycles. The van der Waals surface area contributed by atoms with Crippen molar-refractivity contribution in [3.05, 3.63) is 106 Å². The van der Waals surface area contributed by atoms with Crippen molar-refractivity contribution in [3.63, 3.8) is 0 Å². The van der Waals surface area contributed by atoms with Gasteiger partial charge in [0.05, 0.1) is 37.0 Å². The number of carbonyl (C=O) groups is 1. The highest BCUT2D eigenvalue weighted by molar-refractivity contribution is 5.92. The third kappa shape index (κ3) is 5.63. The van der Waals surface area contributed by atoms with Crippen LogP contribution in [0.25, 0.3) is 16.6 Å². The van der Waals surface area contributed by atoms with Gasteiger partial charge >= 0.3 is 17.3 Å².